The summed E-state index contributed by atoms with van der Waals surface area (Å²) in [5.74, 6) is -0.654. The minimum absolute atomic E-state index is 0.0692. The molecule has 0 aliphatic rings. The molecule has 1 amide bonds. The highest BCUT2D eigenvalue weighted by atomic mass is 35.5. The van der Waals surface area contributed by atoms with E-state index in [1.165, 1.54) is 6.92 Å². The van der Waals surface area contributed by atoms with Crippen molar-refractivity contribution in [1.82, 2.24) is 10.3 Å². The standard InChI is InChI=1S/C16H16ClN3O5S/c1-9-4-5-13(10(2)6-9)16(21)18-19-26(24,25)12-7-14(17)11(3)15(8-12)20(22)23/h4-8,19H,1-3H3,(H,18,21). The van der Waals surface area contributed by atoms with Crippen molar-refractivity contribution in [2.75, 3.05) is 0 Å². The van der Waals surface area contributed by atoms with Gasteiger partial charge in [-0.2, -0.15) is 0 Å². The fraction of sp³-hybridized carbons (Fsp3) is 0.188. The van der Waals surface area contributed by atoms with Crippen LogP contribution in [0.1, 0.15) is 27.0 Å². The van der Waals surface area contributed by atoms with E-state index in [1.807, 2.05) is 11.8 Å². The number of hydrogen-bond acceptors (Lipinski definition) is 5. The highest BCUT2D eigenvalue weighted by Crippen LogP contribution is 2.29. The number of sulfonamides is 1. The molecule has 0 fully saturated rings. The van der Waals surface area contributed by atoms with Gasteiger partial charge in [-0.15, -0.1) is 4.83 Å². The molecule has 0 aromatic heterocycles. The Labute approximate surface area is 155 Å². The van der Waals surface area contributed by atoms with Gasteiger partial charge in [-0.3, -0.25) is 20.3 Å². The van der Waals surface area contributed by atoms with Crippen LogP contribution < -0.4 is 10.3 Å². The van der Waals surface area contributed by atoms with Gasteiger partial charge < -0.3 is 0 Å². The van der Waals surface area contributed by atoms with Crippen LogP contribution in [0.3, 0.4) is 0 Å². The van der Waals surface area contributed by atoms with Crippen LogP contribution in [0.15, 0.2) is 35.2 Å². The zero-order chi connectivity index (χ0) is 19.6. The summed E-state index contributed by atoms with van der Waals surface area (Å²) in [6, 6.07) is 7.04. The van der Waals surface area contributed by atoms with Gasteiger partial charge in [0.1, 0.15) is 0 Å². The third-order valence-corrected chi connectivity index (χ3v) is 5.34. The van der Waals surface area contributed by atoms with Gasteiger partial charge >= 0.3 is 0 Å². The van der Waals surface area contributed by atoms with Gasteiger partial charge in [0.15, 0.2) is 0 Å². The van der Waals surface area contributed by atoms with Gasteiger partial charge in [0.2, 0.25) is 0 Å². The van der Waals surface area contributed by atoms with Crippen molar-refractivity contribution < 1.29 is 18.1 Å². The third-order valence-electron chi connectivity index (χ3n) is 3.72. The fourth-order valence-electron chi connectivity index (χ4n) is 2.29. The summed E-state index contributed by atoms with van der Waals surface area (Å²) in [6.45, 7) is 5.00. The van der Waals surface area contributed by atoms with Crippen molar-refractivity contribution in [2.45, 2.75) is 25.7 Å². The van der Waals surface area contributed by atoms with Gasteiger partial charge in [0.05, 0.1) is 14.8 Å². The average molecular weight is 398 g/mol. The van der Waals surface area contributed by atoms with Gasteiger partial charge in [-0.1, -0.05) is 29.3 Å². The summed E-state index contributed by atoms with van der Waals surface area (Å²) in [6.07, 6.45) is 0. The predicted octanol–water partition coefficient (Wildman–Crippen LogP) is 2.80. The maximum atomic E-state index is 12.3. The number of carbonyl (C=O) groups excluding carboxylic acids is 1. The Balaban J connectivity index is 2.26. The first-order valence-corrected chi connectivity index (χ1v) is 9.23. The van der Waals surface area contributed by atoms with Gasteiger partial charge in [-0.25, -0.2) is 8.42 Å². The molecule has 0 bridgehead atoms. The molecule has 0 aliphatic heterocycles. The Kier molecular flexibility index (Phi) is 5.65. The van der Waals surface area contributed by atoms with Gasteiger partial charge in [0, 0.05) is 17.2 Å². The van der Waals surface area contributed by atoms with Crippen LogP contribution in [0.25, 0.3) is 0 Å². The topological polar surface area (TPSA) is 118 Å². The molecule has 0 radical (unpaired) electrons. The highest BCUT2D eigenvalue weighted by Gasteiger charge is 2.23. The molecule has 10 heteroatoms. The predicted molar refractivity (Wildman–Crippen MR) is 96.5 cm³/mol. The molecule has 2 aromatic carbocycles. The van der Waals surface area contributed by atoms with E-state index >= 15 is 0 Å². The van der Waals surface area contributed by atoms with Crippen LogP contribution in [0, 0.1) is 30.9 Å². The smallest absolute Gasteiger partial charge is 0.273 e. The Morgan fingerprint density at radius 2 is 1.81 bits per heavy atom. The second-order valence-corrected chi connectivity index (χ2v) is 7.77. The molecular weight excluding hydrogens is 382 g/mol. The van der Waals surface area contributed by atoms with E-state index in [1.54, 1.807) is 25.1 Å². The summed E-state index contributed by atoms with van der Waals surface area (Å²) < 4.78 is 24.7. The monoisotopic (exact) mass is 397 g/mol. The fourth-order valence-corrected chi connectivity index (χ4v) is 3.46. The second kappa shape index (κ2) is 7.40. The van der Waals surface area contributed by atoms with Crippen molar-refractivity contribution in [3.63, 3.8) is 0 Å². The van der Waals surface area contributed by atoms with Crippen molar-refractivity contribution in [3.05, 3.63) is 67.7 Å². The van der Waals surface area contributed by atoms with E-state index in [0.29, 0.717) is 11.1 Å². The second-order valence-electron chi connectivity index (χ2n) is 5.68. The van der Waals surface area contributed by atoms with Gasteiger partial charge in [-0.05, 0) is 38.5 Å². The van der Waals surface area contributed by atoms with E-state index < -0.39 is 31.4 Å². The number of carbonyl (C=O) groups is 1. The van der Waals surface area contributed by atoms with Crippen molar-refractivity contribution in [2.24, 2.45) is 0 Å². The van der Waals surface area contributed by atoms with Crippen molar-refractivity contribution in [1.29, 1.82) is 0 Å². The summed E-state index contributed by atoms with van der Waals surface area (Å²) in [5, 5.41) is 11.0. The number of nitro groups is 1. The minimum Gasteiger partial charge on any atom is -0.273 e. The molecule has 0 atom stereocenters. The van der Waals surface area contributed by atoms with Crippen LogP contribution in [0.2, 0.25) is 5.02 Å². The Bertz CT molecular complexity index is 1010. The normalized spacial score (nSPS) is 11.2. The first-order valence-electron chi connectivity index (χ1n) is 7.37. The largest absolute Gasteiger partial charge is 0.275 e. The van der Waals surface area contributed by atoms with Crippen LogP contribution in [-0.4, -0.2) is 19.2 Å². The molecule has 0 unspecified atom stereocenters. The van der Waals surface area contributed by atoms with E-state index in [-0.39, 0.29) is 10.6 Å². The van der Waals surface area contributed by atoms with E-state index in [2.05, 4.69) is 5.43 Å². The number of nitrogens with one attached hydrogen (secondary N) is 2. The summed E-state index contributed by atoms with van der Waals surface area (Å²) in [4.78, 5) is 24.0. The zero-order valence-electron chi connectivity index (χ0n) is 14.2. The molecule has 2 rings (SSSR count). The number of benzene rings is 2. The Morgan fingerprint density at radius 1 is 1.15 bits per heavy atom. The molecule has 8 nitrogen and oxygen atoms in total. The number of nitrogens with zero attached hydrogens (tertiary/aromatic N) is 1. The lowest BCUT2D eigenvalue weighted by atomic mass is 10.1. The Morgan fingerprint density at radius 3 is 2.38 bits per heavy atom. The SMILES string of the molecule is Cc1ccc(C(=O)NNS(=O)(=O)c2cc(Cl)c(C)c([N+](=O)[O-])c2)c(C)c1. The lowest BCUT2D eigenvalue weighted by molar-refractivity contribution is -0.385. The number of halogens is 1. The van der Waals surface area contributed by atoms with E-state index in [0.717, 1.165) is 17.7 Å². The number of hydrazine groups is 1. The molecule has 138 valence electrons. The van der Waals surface area contributed by atoms with Crippen LogP contribution in [0.5, 0.6) is 0 Å². The highest BCUT2D eigenvalue weighted by molar-refractivity contribution is 7.89. The maximum absolute atomic E-state index is 12.3. The number of nitro benzene ring substituents is 1. The number of rotatable bonds is 5. The average Bonchev–Trinajstić information content (AvgIpc) is 2.54. The van der Waals surface area contributed by atoms with Gasteiger partial charge in [0.25, 0.3) is 21.6 Å². The molecule has 0 heterocycles. The first-order chi connectivity index (χ1) is 12.0. The summed E-state index contributed by atoms with van der Waals surface area (Å²) >= 11 is 5.88. The molecule has 26 heavy (non-hydrogen) atoms. The zero-order valence-corrected chi connectivity index (χ0v) is 15.7. The lowest BCUT2D eigenvalue weighted by Crippen LogP contribution is -2.41. The van der Waals surface area contributed by atoms with Crippen molar-refractivity contribution >= 4 is 33.2 Å². The van der Waals surface area contributed by atoms with E-state index in [9.17, 15) is 23.3 Å². The summed E-state index contributed by atoms with van der Waals surface area (Å²) in [7, 11) is -4.25. The molecule has 0 saturated heterocycles. The lowest BCUT2D eigenvalue weighted by Gasteiger charge is -2.11. The first kappa shape index (κ1) is 19.8. The molecular formula is C16H16ClN3O5S. The Hall–Kier alpha value is -2.49. The molecule has 0 aliphatic carbocycles. The third kappa shape index (κ3) is 4.18. The number of aryl methyl sites for hydroxylation is 2. The quantitative estimate of drug-likeness (QED) is 0.594. The minimum atomic E-state index is -4.25. The van der Waals surface area contributed by atoms with E-state index in [4.69, 9.17) is 11.6 Å². The molecule has 2 N–H and O–H groups in total. The van der Waals surface area contributed by atoms with Crippen LogP contribution >= 0.6 is 11.6 Å². The molecule has 2 aromatic rings. The molecule has 0 spiro atoms. The van der Waals surface area contributed by atoms with Crippen LogP contribution in [0.4, 0.5) is 5.69 Å². The number of hydrogen-bond donors (Lipinski definition) is 2. The van der Waals surface area contributed by atoms with Crippen LogP contribution in [-0.2, 0) is 10.0 Å². The maximum Gasteiger partial charge on any atom is 0.275 e. The molecule has 0 saturated carbocycles. The van der Waals surface area contributed by atoms with Crippen molar-refractivity contribution in [3.8, 4) is 0 Å². The number of amides is 1. The summed E-state index contributed by atoms with van der Waals surface area (Å²) in [5.41, 5.74) is 3.74.